The van der Waals surface area contributed by atoms with Crippen molar-refractivity contribution in [1.82, 2.24) is 0 Å². The van der Waals surface area contributed by atoms with Crippen molar-refractivity contribution in [3.63, 3.8) is 0 Å². The number of anilines is 1. The van der Waals surface area contributed by atoms with Crippen molar-refractivity contribution in [1.29, 1.82) is 0 Å². The average Bonchev–Trinajstić information content (AvgIpc) is 2.47. The molecule has 0 saturated carbocycles. The van der Waals surface area contributed by atoms with E-state index in [9.17, 15) is 14.3 Å². The van der Waals surface area contributed by atoms with Crippen LogP contribution in [0.15, 0.2) is 42.5 Å². The van der Waals surface area contributed by atoms with Crippen LogP contribution in [0.5, 0.6) is 0 Å². The number of aliphatic hydroxyl groups excluding tert-OH is 1. The van der Waals surface area contributed by atoms with Crippen molar-refractivity contribution in [3.05, 3.63) is 64.4 Å². The molecule has 0 aliphatic carbocycles. The highest BCUT2D eigenvalue weighted by Crippen LogP contribution is 2.35. The van der Waals surface area contributed by atoms with Crippen LogP contribution in [0.1, 0.15) is 28.4 Å². The van der Waals surface area contributed by atoms with Crippen molar-refractivity contribution in [2.24, 2.45) is 0 Å². The molecular formula is C16H13ClFNO2. The maximum atomic E-state index is 13.9. The van der Waals surface area contributed by atoms with Crippen LogP contribution in [-0.4, -0.2) is 17.6 Å². The Hall–Kier alpha value is -1.91. The number of aliphatic hydroxyl groups is 1. The van der Waals surface area contributed by atoms with Gasteiger partial charge in [0, 0.05) is 17.8 Å². The summed E-state index contributed by atoms with van der Waals surface area (Å²) in [5.74, 6) is -1.13. The van der Waals surface area contributed by atoms with Crippen LogP contribution in [-0.2, 0) is 0 Å². The van der Waals surface area contributed by atoms with E-state index in [0.29, 0.717) is 24.2 Å². The first-order chi connectivity index (χ1) is 10.1. The van der Waals surface area contributed by atoms with E-state index in [1.54, 1.807) is 24.3 Å². The van der Waals surface area contributed by atoms with E-state index in [-0.39, 0.29) is 10.6 Å². The molecule has 5 heteroatoms. The Bertz CT molecular complexity index is 684. The van der Waals surface area contributed by atoms with Crippen LogP contribution in [0, 0.1) is 5.82 Å². The fourth-order valence-corrected chi connectivity index (χ4v) is 2.83. The van der Waals surface area contributed by atoms with E-state index in [2.05, 4.69) is 0 Å². The largest absolute Gasteiger partial charge is 0.388 e. The molecule has 0 aromatic heterocycles. The number of amides is 1. The first-order valence-corrected chi connectivity index (χ1v) is 7.00. The average molecular weight is 306 g/mol. The molecule has 3 rings (SSSR count). The van der Waals surface area contributed by atoms with Crippen molar-refractivity contribution in [3.8, 4) is 0 Å². The highest BCUT2D eigenvalue weighted by molar-refractivity contribution is 6.34. The Morgan fingerprint density at radius 2 is 2.00 bits per heavy atom. The van der Waals surface area contributed by atoms with Crippen LogP contribution in [0.2, 0.25) is 5.02 Å². The van der Waals surface area contributed by atoms with Crippen molar-refractivity contribution in [2.45, 2.75) is 12.5 Å². The first-order valence-electron chi connectivity index (χ1n) is 6.62. The second-order valence-corrected chi connectivity index (χ2v) is 5.32. The van der Waals surface area contributed by atoms with E-state index in [1.165, 1.54) is 23.1 Å². The van der Waals surface area contributed by atoms with Crippen molar-refractivity contribution in [2.75, 3.05) is 11.4 Å². The number of hydrogen-bond donors (Lipinski definition) is 1. The highest BCUT2D eigenvalue weighted by atomic mass is 35.5. The maximum Gasteiger partial charge on any atom is 0.262 e. The van der Waals surface area contributed by atoms with Gasteiger partial charge in [0.05, 0.1) is 16.7 Å². The minimum atomic E-state index is -0.642. The lowest BCUT2D eigenvalue weighted by Gasteiger charge is -2.32. The molecular weight excluding hydrogens is 293 g/mol. The fourth-order valence-electron chi connectivity index (χ4n) is 2.59. The topological polar surface area (TPSA) is 40.5 Å². The third-order valence-electron chi connectivity index (χ3n) is 3.63. The number of carbonyl (C=O) groups is 1. The molecule has 3 nitrogen and oxygen atoms in total. The molecule has 1 N–H and O–H groups in total. The molecule has 1 amide bonds. The van der Waals surface area contributed by atoms with E-state index >= 15 is 0 Å². The smallest absolute Gasteiger partial charge is 0.262 e. The highest BCUT2D eigenvalue weighted by Gasteiger charge is 2.30. The Morgan fingerprint density at radius 3 is 2.76 bits per heavy atom. The summed E-state index contributed by atoms with van der Waals surface area (Å²) >= 11 is 5.96. The van der Waals surface area contributed by atoms with E-state index in [4.69, 9.17) is 11.6 Å². The van der Waals surface area contributed by atoms with Gasteiger partial charge in [0.1, 0.15) is 5.82 Å². The third-order valence-corrected chi connectivity index (χ3v) is 3.95. The van der Waals surface area contributed by atoms with Gasteiger partial charge < -0.3 is 10.0 Å². The summed E-state index contributed by atoms with van der Waals surface area (Å²) in [6, 6.07) is 11.2. The monoisotopic (exact) mass is 305 g/mol. The number of para-hydroxylation sites is 1. The van der Waals surface area contributed by atoms with Gasteiger partial charge >= 0.3 is 0 Å². The van der Waals surface area contributed by atoms with Gasteiger partial charge in [0.2, 0.25) is 0 Å². The predicted octanol–water partition coefficient (Wildman–Crippen LogP) is 3.56. The van der Waals surface area contributed by atoms with Crippen LogP contribution in [0.25, 0.3) is 0 Å². The molecule has 2 aromatic rings. The summed E-state index contributed by atoms with van der Waals surface area (Å²) in [6.45, 7) is 0.321. The van der Waals surface area contributed by atoms with Gasteiger partial charge in [-0.05, 0) is 24.6 Å². The van der Waals surface area contributed by atoms with Gasteiger partial charge in [0.25, 0.3) is 5.91 Å². The number of benzene rings is 2. The van der Waals surface area contributed by atoms with E-state index in [1.807, 2.05) is 0 Å². The number of nitrogens with zero attached hydrogens (tertiary/aromatic N) is 1. The number of hydrogen-bond acceptors (Lipinski definition) is 2. The zero-order valence-corrected chi connectivity index (χ0v) is 11.8. The third kappa shape index (κ3) is 2.41. The Kier molecular flexibility index (Phi) is 3.66. The van der Waals surface area contributed by atoms with Crippen LogP contribution < -0.4 is 4.90 Å². The predicted molar refractivity (Wildman–Crippen MR) is 79.1 cm³/mol. The van der Waals surface area contributed by atoms with Gasteiger partial charge in [-0.1, -0.05) is 35.9 Å². The summed E-state index contributed by atoms with van der Waals surface area (Å²) < 4.78 is 13.9. The lowest BCUT2D eigenvalue weighted by molar-refractivity contribution is 0.0967. The fraction of sp³-hybridized carbons (Fsp3) is 0.188. The molecule has 21 heavy (non-hydrogen) atoms. The second kappa shape index (κ2) is 5.47. The number of rotatable bonds is 1. The normalized spacial score (nSPS) is 17.5. The summed E-state index contributed by atoms with van der Waals surface area (Å²) in [4.78, 5) is 14.1. The maximum absolute atomic E-state index is 13.9. The molecule has 0 bridgehead atoms. The van der Waals surface area contributed by atoms with Crippen LogP contribution in [0.3, 0.4) is 0 Å². The molecule has 2 aromatic carbocycles. The Morgan fingerprint density at radius 1 is 1.24 bits per heavy atom. The molecule has 1 aliphatic rings. The summed E-state index contributed by atoms with van der Waals surface area (Å²) in [6.07, 6.45) is -0.198. The van der Waals surface area contributed by atoms with Crippen LogP contribution in [0.4, 0.5) is 10.1 Å². The molecule has 0 saturated heterocycles. The molecule has 1 atom stereocenters. The first kappa shape index (κ1) is 14.0. The standard InChI is InChI=1S/C16H13ClFNO2/c17-11-5-3-6-12(18)15(11)16(21)19-9-8-14(20)10-4-1-2-7-13(10)19/h1-7,14,20H,8-9H2. The Balaban J connectivity index is 2.06. The number of fused-ring (bicyclic) bond motifs is 1. The molecule has 1 aliphatic heterocycles. The summed E-state index contributed by atoms with van der Waals surface area (Å²) in [5, 5.41) is 10.1. The lowest BCUT2D eigenvalue weighted by atomic mass is 9.98. The van der Waals surface area contributed by atoms with Crippen LogP contribution >= 0.6 is 11.6 Å². The summed E-state index contributed by atoms with van der Waals surface area (Å²) in [7, 11) is 0. The van der Waals surface area contributed by atoms with Gasteiger partial charge in [-0.25, -0.2) is 4.39 Å². The van der Waals surface area contributed by atoms with Gasteiger partial charge in [-0.3, -0.25) is 4.79 Å². The van der Waals surface area contributed by atoms with Crippen molar-refractivity contribution < 1.29 is 14.3 Å². The number of carbonyl (C=O) groups excluding carboxylic acids is 1. The van der Waals surface area contributed by atoms with Gasteiger partial charge in [-0.2, -0.15) is 0 Å². The molecule has 0 radical (unpaired) electrons. The van der Waals surface area contributed by atoms with E-state index < -0.39 is 17.8 Å². The summed E-state index contributed by atoms with van der Waals surface area (Å²) in [5.41, 5.74) is 1.13. The van der Waals surface area contributed by atoms with Crippen molar-refractivity contribution >= 4 is 23.2 Å². The van der Waals surface area contributed by atoms with E-state index in [0.717, 1.165) is 0 Å². The van der Waals surface area contributed by atoms with Gasteiger partial charge in [-0.15, -0.1) is 0 Å². The molecule has 1 heterocycles. The van der Waals surface area contributed by atoms with Gasteiger partial charge in [0.15, 0.2) is 0 Å². The quantitative estimate of drug-likeness (QED) is 0.875. The Labute approximate surface area is 126 Å². The SMILES string of the molecule is O=C(c1c(F)cccc1Cl)N1CCC(O)c2ccccc21. The molecule has 108 valence electrons. The minimum absolute atomic E-state index is 0.0867. The number of halogens is 2. The lowest BCUT2D eigenvalue weighted by Crippen LogP contribution is -2.37. The zero-order valence-electron chi connectivity index (χ0n) is 11.1. The second-order valence-electron chi connectivity index (χ2n) is 4.92. The zero-order chi connectivity index (χ0) is 15.0. The molecule has 0 spiro atoms. The minimum Gasteiger partial charge on any atom is -0.388 e. The molecule has 0 fully saturated rings. The molecule has 1 unspecified atom stereocenters.